The number of halogens is 1. The Bertz CT molecular complexity index is 219. The summed E-state index contributed by atoms with van der Waals surface area (Å²) in [5.74, 6) is 0.973. The average molecular weight is 219 g/mol. The summed E-state index contributed by atoms with van der Waals surface area (Å²) in [5, 5.41) is 8.50. The van der Waals surface area contributed by atoms with Crippen LogP contribution in [0.25, 0.3) is 0 Å². The number of unbranched alkanes of at least 4 members (excludes halogenated alkanes) is 4. The first-order chi connectivity index (χ1) is 6.72. The molecule has 0 amide bonds. The van der Waals surface area contributed by atoms with E-state index in [-0.39, 0.29) is 5.57 Å². The number of hydrogen-bond acceptors (Lipinski definition) is 2. The maximum absolute atomic E-state index is 10.4. The zero-order chi connectivity index (χ0) is 10.8. The molecule has 0 aliphatic rings. The number of hydrogen-bond donors (Lipinski definition) is 1. The van der Waals surface area contributed by atoms with Crippen molar-refractivity contribution in [1.82, 2.24) is 0 Å². The van der Waals surface area contributed by atoms with Crippen molar-refractivity contribution in [2.45, 2.75) is 38.5 Å². The normalized spacial score (nSPS) is 9.50. The molecule has 80 valence electrons. The van der Waals surface area contributed by atoms with Gasteiger partial charge in [0.2, 0.25) is 0 Å². The predicted octanol–water partition coefficient (Wildman–Crippen LogP) is 2.41. The molecule has 0 aromatic rings. The summed E-state index contributed by atoms with van der Waals surface area (Å²) >= 11 is 5.50. The fourth-order valence-corrected chi connectivity index (χ4v) is 1.32. The van der Waals surface area contributed by atoms with Gasteiger partial charge in [-0.05, 0) is 19.3 Å². The van der Waals surface area contributed by atoms with Gasteiger partial charge in [0.1, 0.15) is 11.5 Å². The highest BCUT2D eigenvalue weighted by atomic mass is 35.5. The van der Waals surface area contributed by atoms with E-state index in [1.807, 2.05) is 0 Å². The summed E-state index contributed by atoms with van der Waals surface area (Å²) < 4.78 is 0. The first-order valence-electron chi connectivity index (χ1n) is 4.75. The summed E-state index contributed by atoms with van der Waals surface area (Å²) in [4.78, 5) is 20.5. The van der Waals surface area contributed by atoms with Gasteiger partial charge in [0.15, 0.2) is 0 Å². The van der Waals surface area contributed by atoms with Crippen molar-refractivity contribution < 1.29 is 14.7 Å². The number of carboxylic acid groups (broad SMARTS) is 1. The fraction of sp³-hybridized carbons (Fsp3) is 0.700. The van der Waals surface area contributed by atoms with Crippen LogP contribution in [-0.2, 0) is 9.59 Å². The van der Waals surface area contributed by atoms with Crippen LogP contribution >= 0.6 is 11.6 Å². The van der Waals surface area contributed by atoms with E-state index in [1.165, 1.54) is 5.94 Å². The first kappa shape index (κ1) is 13.2. The Morgan fingerprint density at radius 2 is 1.71 bits per heavy atom. The molecule has 0 radical (unpaired) electrons. The SMILES string of the molecule is O=C=C(CCCCCCCCl)C(=O)O. The van der Waals surface area contributed by atoms with Gasteiger partial charge in [0, 0.05) is 5.88 Å². The second kappa shape index (κ2) is 8.79. The Kier molecular flexibility index (Phi) is 8.30. The smallest absolute Gasteiger partial charge is 0.342 e. The van der Waals surface area contributed by atoms with Crippen LogP contribution in [0.4, 0.5) is 0 Å². The van der Waals surface area contributed by atoms with Gasteiger partial charge in [-0.2, -0.15) is 0 Å². The molecule has 0 saturated carbocycles. The quantitative estimate of drug-likeness (QED) is 0.295. The van der Waals surface area contributed by atoms with Gasteiger partial charge in [-0.25, -0.2) is 9.59 Å². The monoisotopic (exact) mass is 218 g/mol. The number of alkyl halides is 1. The van der Waals surface area contributed by atoms with Crippen LogP contribution in [0.2, 0.25) is 0 Å². The van der Waals surface area contributed by atoms with Gasteiger partial charge < -0.3 is 5.11 Å². The lowest BCUT2D eigenvalue weighted by Gasteiger charge is -1.99. The molecule has 3 nitrogen and oxygen atoms in total. The van der Waals surface area contributed by atoms with E-state index >= 15 is 0 Å². The molecule has 4 heteroatoms. The second-order valence-electron chi connectivity index (χ2n) is 3.09. The van der Waals surface area contributed by atoms with Crippen molar-refractivity contribution in [3.8, 4) is 0 Å². The third-order valence-corrected chi connectivity index (χ3v) is 2.21. The molecule has 0 heterocycles. The van der Waals surface area contributed by atoms with Crippen molar-refractivity contribution in [3.05, 3.63) is 5.57 Å². The molecule has 14 heavy (non-hydrogen) atoms. The van der Waals surface area contributed by atoms with E-state index < -0.39 is 5.97 Å². The highest BCUT2D eigenvalue weighted by Crippen LogP contribution is 2.09. The van der Waals surface area contributed by atoms with Crippen molar-refractivity contribution in [1.29, 1.82) is 0 Å². The van der Waals surface area contributed by atoms with E-state index in [9.17, 15) is 9.59 Å². The van der Waals surface area contributed by atoms with Crippen LogP contribution in [0, 0.1) is 0 Å². The molecule has 1 N–H and O–H groups in total. The van der Waals surface area contributed by atoms with Gasteiger partial charge in [-0.1, -0.05) is 19.3 Å². The molecule has 0 spiro atoms. The van der Waals surface area contributed by atoms with Gasteiger partial charge in [-0.15, -0.1) is 11.6 Å². The Labute approximate surface area is 88.8 Å². The van der Waals surface area contributed by atoms with Crippen LogP contribution in [0.1, 0.15) is 38.5 Å². The van der Waals surface area contributed by atoms with Crippen molar-refractivity contribution in [2.24, 2.45) is 0 Å². The molecular formula is C10H15ClO3. The topological polar surface area (TPSA) is 54.4 Å². The highest BCUT2D eigenvalue weighted by molar-refractivity contribution is 6.17. The van der Waals surface area contributed by atoms with Crippen LogP contribution < -0.4 is 0 Å². The molecule has 0 aromatic carbocycles. The lowest BCUT2D eigenvalue weighted by atomic mass is 10.1. The molecule has 0 saturated heterocycles. The van der Waals surface area contributed by atoms with Gasteiger partial charge in [0.25, 0.3) is 0 Å². The Balaban J connectivity index is 3.44. The summed E-state index contributed by atoms with van der Waals surface area (Å²) in [7, 11) is 0. The van der Waals surface area contributed by atoms with Crippen molar-refractivity contribution >= 4 is 23.5 Å². The molecular weight excluding hydrogens is 204 g/mol. The van der Waals surface area contributed by atoms with Crippen LogP contribution in [0.15, 0.2) is 5.57 Å². The average Bonchev–Trinajstić information content (AvgIpc) is 2.16. The summed E-state index contributed by atoms with van der Waals surface area (Å²) in [5.41, 5.74) is -0.151. The van der Waals surface area contributed by atoms with E-state index in [0.717, 1.165) is 32.1 Å². The maximum Gasteiger partial charge on any atom is 0.342 e. The number of carboxylic acids is 1. The van der Waals surface area contributed by atoms with Crippen LogP contribution in [-0.4, -0.2) is 22.9 Å². The van der Waals surface area contributed by atoms with Crippen molar-refractivity contribution in [2.75, 3.05) is 5.88 Å². The number of carbonyl (C=O) groups excluding carboxylic acids is 1. The van der Waals surface area contributed by atoms with Crippen LogP contribution in [0.5, 0.6) is 0 Å². The third kappa shape index (κ3) is 6.70. The lowest BCUT2D eigenvalue weighted by molar-refractivity contribution is -0.132. The molecule has 0 bridgehead atoms. The minimum atomic E-state index is -1.15. The zero-order valence-corrected chi connectivity index (χ0v) is 8.85. The largest absolute Gasteiger partial charge is 0.477 e. The molecule has 0 rings (SSSR count). The maximum atomic E-state index is 10.4. The van der Waals surface area contributed by atoms with Gasteiger partial charge in [-0.3, -0.25) is 0 Å². The molecule has 0 aromatic heterocycles. The lowest BCUT2D eigenvalue weighted by Crippen LogP contribution is -2.01. The third-order valence-electron chi connectivity index (χ3n) is 1.94. The van der Waals surface area contributed by atoms with E-state index in [2.05, 4.69) is 0 Å². The molecule has 0 unspecified atom stereocenters. The fourth-order valence-electron chi connectivity index (χ4n) is 1.13. The molecule has 0 fully saturated rings. The van der Waals surface area contributed by atoms with E-state index in [1.54, 1.807) is 0 Å². The predicted molar refractivity (Wildman–Crippen MR) is 55.3 cm³/mol. The molecule has 0 aliphatic heterocycles. The Morgan fingerprint density at radius 1 is 1.14 bits per heavy atom. The van der Waals surface area contributed by atoms with Crippen molar-refractivity contribution in [3.63, 3.8) is 0 Å². The first-order valence-corrected chi connectivity index (χ1v) is 5.29. The standard InChI is InChI=1S/C10H15ClO3/c11-7-5-3-1-2-4-6-9(8-12)10(13)14/h1-7H2,(H,13,14). The summed E-state index contributed by atoms with van der Waals surface area (Å²) in [6.07, 6.45) is 5.10. The molecule has 0 aliphatic carbocycles. The van der Waals surface area contributed by atoms with Gasteiger partial charge >= 0.3 is 5.97 Å². The minimum Gasteiger partial charge on any atom is -0.477 e. The van der Waals surface area contributed by atoms with E-state index in [4.69, 9.17) is 16.7 Å². The minimum absolute atomic E-state index is 0.151. The second-order valence-corrected chi connectivity index (χ2v) is 3.47. The van der Waals surface area contributed by atoms with Crippen LogP contribution in [0.3, 0.4) is 0 Å². The number of rotatable bonds is 8. The highest BCUT2D eigenvalue weighted by Gasteiger charge is 2.06. The Morgan fingerprint density at radius 3 is 2.21 bits per heavy atom. The number of aliphatic carboxylic acids is 1. The Hall–Kier alpha value is -0.790. The zero-order valence-electron chi connectivity index (χ0n) is 8.09. The van der Waals surface area contributed by atoms with Gasteiger partial charge in [0.05, 0.1) is 0 Å². The van der Waals surface area contributed by atoms with E-state index in [0.29, 0.717) is 12.3 Å². The summed E-state index contributed by atoms with van der Waals surface area (Å²) in [6, 6.07) is 0. The number of carbonyl (C=O) groups is 1. The summed E-state index contributed by atoms with van der Waals surface area (Å²) in [6.45, 7) is 0. The molecule has 0 atom stereocenters.